The molecule has 22 heavy (non-hydrogen) atoms. The molecule has 2 fully saturated rings. The number of rotatable bonds is 2. The molecule has 2 atom stereocenters. The normalized spacial score (nSPS) is 27.0. The van der Waals surface area contributed by atoms with E-state index in [2.05, 4.69) is 27.1 Å². The van der Waals surface area contributed by atoms with Gasteiger partial charge < -0.3 is 15.1 Å². The van der Waals surface area contributed by atoms with E-state index in [-0.39, 0.29) is 17.9 Å². The van der Waals surface area contributed by atoms with Gasteiger partial charge in [-0.25, -0.2) is 9.97 Å². The first-order chi connectivity index (χ1) is 10.6. The summed E-state index contributed by atoms with van der Waals surface area (Å²) < 4.78 is 0. The fraction of sp³-hybridized carbons (Fsp3) is 0.688. The van der Waals surface area contributed by atoms with Crippen LogP contribution in [0.1, 0.15) is 42.9 Å². The Kier molecular flexibility index (Phi) is 3.29. The minimum atomic E-state index is 0.0827. The third-order valence-corrected chi connectivity index (χ3v) is 5.17. The Bertz CT molecular complexity index is 607. The quantitative estimate of drug-likeness (QED) is 0.883. The Hall–Kier alpha value is -1.69. The molecule has 4 rings (SSSR count). The fourth-order valence-corrected chi connectivity index (χ4v) is 3.76. The molecule has 1 amide bonds. The maximum absolute atomic E-state index is 12.8. The lowest BCUT2D eigenvalue weighted by atomic mass is 10.1. The number of amides is 1. The molecule has 4 heterocycles. The van der Waals surface area contributed by atoms with Gasteiger partial charge in [0, 0.05) is 25.2 Å². The van der Waals surface area contributed by atoms with Crippen LogP contribution >= 0.6 is 0 Å². The highest BCUT2D eigenvalue weighted by molar-refractivity contribution is 5.81. The van der Waals surface area contributed by atoms with Crippen LogP contribution in [-0.2, 0) is 11.3 Å². The first-order valence-electron chi connectivity index (χ1n) is 8.28. The molecule has 0 saturated carbocycles. The molecular weight excluding hydrogens is 278 g/mol. The summed E-state index contributed by atoms with van der Waals surface area (Å²) >= 11 is 0. The summed E-state index contributed by atoms with van der Waals surface area (Å²) in [6.07, 6.45) is 2.17. The van der Waals surface area contributed by atoms with Crippen molar-refractivity contribution in [3.05, 3.63) is 17.1 Å². The lowest BCUT2D eigenvalue weighted by molar-refractivity contribution is -0.137. The van der Waals surface area contributed by atoms with Crippen molar-refractivity contribution in [2.24, 2.45) is 5.92 Å². The maximum atomic E-state index is 12.8. The van der Waals surface area contributed by atoms with Crippen LogP contribution in [0.2, 0.25) is 0 Å². The zero-order valence-electron chi connectivity index (χ0n) is 13.3. The fourth-order valence-electron chi connectivity index (χ4n) is 3.76. The molecule has 6 heteroatoms. The predicted octanol–water partition coefficient (Wildman–Crippen LogP) is 1.01. The van der Waals surface area contributed by atoms with Crippen molar-refractivity contribution in [3.63, 3.8) is 0 Å². The zero-order chi connectivity index (χ0) is 15.3. The number of nitrogens with one attached hydrogen (secondary N) is 1. The van der Waals surface area contributed by atoms with Crippen LogP contribution < -0.4 is 10.2 Å². The van der Waals surface area contributed by atoms with Crippen LogP contribution in [0.5, 0.6) is 0 Å². The number of aromatic nitrogens is 2. The molecule has 6 nitrogen and oxygen atoms in total. The summed E-state index contributed by atoms with van der Waals surface area (Å²) in [6.45, 7) is 8.58. The van der Waals surface area contributed by atoms with Crippen LogP contribution in [0.3, 0.4) is 0 Å². The summed E-state index contributed by atoms with van der Waals surface area (Å²) in [4.78, 5) is 26.4. The van der Waals surface area contributed by atoms with Gasteiger partial charge in [-0.1, -0.05) is 0 Å². The molecule has 1 N–H and O–H groups in total. The van der Waals surface area contributed by atoms with Gasteiger partial charge in [0.25, 0.3) is 0 Å². The Labute approximate surface area is 130 Å². The lowest BCUT2D eigenvalue weighted by Gasteiger charge is -2.34. The smallest absolute Gasteiger partial charge is 0.227 e. The summed E-state index contributed by atoms with van der Waals surface area (Å²) in [7, 11) is 0. The van der Waals surface area contributed by atoms with Crippen molar-refractivity contribution in [3.8, 4) is 0 Å². The van der Waals surface area contributed by atoms with Gasteiger partial charge >= 0.3 is 0 Å². The number of nitrogens with zero attached hydrogens (tertiary/aromatic N) is 4. The summed E-state index contributed by atoms with van der Waals surface area (Å²) in [5.41, 5.74) is 2.21. The van der Waals surface area contributed by atoms with Gasteiger partial charge in [0.1, 0.15) is 11.6 Å². The largest absolute Gasteiger partial charge is 0.356 e. The van der Waals surface area contributed by atoms with E-state index in [0.29, 0.717) is 6.54 Å². The SMILES string of the molecule is Cc1nc2c(c(N3CCC3)n1)[C@@H](C)N(C(=O)C1CCNC1)C2. The summed E-state index contributed by atoms with van der Waals surface area (Å²) in [5, 5.41) is 3.29. The molecule has 0 aromatic carbocycles. The molecule has 1 unspecified atom stereocenters. The van der Waals surface area contributed by atoms with E-state index < -0.39 is 0 Å². The van der Waals surface area contributed by atoms with E-state index in [1.165, 1.54) is 12.0 Å². The van der Waals surface area contributed by atoms with Crippen LogP contribution in [-0.4, -0.2) is 47.0 Å². The lowest BCUT2D eigenvalue weighted by Crippen LogP contribution is -2.39. The predicted molar refractivity (Wildman–Crippen MR) is 83.5 cm³/mol. The van der Waals surface area contributed by atoms with Gasteiger partial charge in [-0.3, -0.25) is 4.79 Å². The molecule has 2 saturated heterocycles. The Balaban J connectivity index is 1.65. The van der Waals surface area contributed by atoms with Gasteiger partial charge in [0.05, 0.1) is 24.2 Å². The average Bonchev–Trinajstić information content (AvgIpc) is 3.04. The Morgan fingerprint density at radius 2 is 2.14 bits per heavy atom. The van der Waals surface area contributed by atoms with E-state index in [9.17, 15) is 4.79 Å². The number of hydrogen-bond acceptors (Lipinski definition) is 5. The third-order valence-electron chi connectivity index (χ3n) is 5.17. The molecule has 1 aromatic rings. The highest BCUT2D eigenvalue weighted by Crippen LogP contribution is 2.40. The Morgan fingerprint density at radius 3 is 2.77 bits per heavy atom. The van der Waals surface area contributed by atoms with E-state index in [1.54, 1.807) is 0 Å². The molecular formula is C16H23N5O. The van der Waals surface area contributed by atoms with Crippen LogP contribution in [0.15, 0.2) is 0 Å². The number of carbonyl (C=O) groups excluding carboxylic acids is 1. The number of anilines is 1. The van der Waals surface area contributed by atoms with Crippen LogP contribution in [0, 0.1) is 12.8 Å². The topological polar surface area (TPSA) is 61.4 Å². The molecule has 1 aromatic heterocycles. The first-order valence-corrected chi connectivity index (χ1v) is 8.28. The van der Waals surface area contributed by atoms with Crippen molar-refractivity contribution < 1.29 is 4.79 Å². The van der Waals surface area contributed by atoms with Crippen LogP contribution in [0.4, 0.5) is 5.82 Å². The van der Waals surface area contributed by atoms with Crippen molar-refractivity contribution in [1.82, 2.24) is 20.2 Å². The van der Waals surface area contributed by atoms with Crippen molar-refractivity contribution in [1.29, 1.82) is 0 Å². The van der Waals surface area contributed by atoms with Crippen molar-refractivity contribution >= 4 is 11.7 Å². The number of hydrogen-bond donors (Lipinski definition) is 1. The van der Waals surface area contributed by atoms with Gasteiger partial charge in [-0.05, 0) is 33.2 Å². The van der Waals surface area contributed by atoms with E-state index in [0.717, 1.165) is 49.9 Å². The molecule has 118 valence electrons. The minimum Gasteiger partial charge on any atom is -0.356 e. The third kappa shape index (κ3) is 2.08. The summed E-state index contributed by atoms with van der Waals surface area (Å²) in [6, 6.07) is 0.0827. The molecule has 0 aliphatic carbocycles. The molecule has 0 radical (unpaired) electrons. The molecule has 3 aliphatic rings. The monoisotopic (exact) mass is 301 g/mol. The van der Waals surface area contributed by atoms with Crippen molar-refractivity contribution in [2.75, 3.05) is 31.1 Å². The zero-order valence-corrected chi connectivity index (χ0v) is 13.3. The van der Waals surface area contributed by atoms with E-state index in [4.69, 9.17) is 0 Å². The maximum Gasteiger partial charge on any atom is 0.227 e. The molecule has 3 aliphatic heterocycles. The Morgan fingerprint density at radius 1 is 1.32 bits per heavy atom. The van der Waals surface area contributed by atoms with Gasteiger partial charge in [0.15, 0.2) is 0 Å². The number of aryl methyl sites for hydroxylation is 1. The van der Waals surface area contributed by atoms with E-state index >= 15 is 0 Å². The minimum absolute atomic E-state index is 0.0827. The van der Waals surface area contributed by atoms with Crippen molar-refractivity contribution in [2.45, 2.75) is 39.3 Å². The number of fused-ring (bicyclic) bond motifs is 1. The van der Waals surface area contributed by atoms with Gasteiger partial charge in [-0.2, -0.15) is 0 Å². The second kappa shape index (κ2) is 5.19. The van der Waals surface area contributed by atoms with Crippen LogP contribution in [0.25, 0.3) is 0 Å². The first kappa shape index (κ1) is 13.9. The second-order valence-corrected chi connectivity index (χ2v) is 6.63. The standard InChI is InChI=1S/C16H23N5O/c1-10-14-13(9-21(10)16(22)12-4-5-17-8-12)18-11(2)19-15(14)20-6-3-7-20/h10,12,17H,3-9H2,1-2H3/t10-,12?/m1/s1. The van der Waals surface area contributed by atoms with Gasteiger partial charge in [0.2, 0.25) is 5.91 Å². The van der Waals surface area contributed by atoms with E-state index in [1.807, 2.05) is 11.8 Å². The summed E-state index contributed by atoms with van der Waals surface area (Å²) in [5.74, 6) is 2.26. The number of carbonyl (C=O) groups is 1. The molecule has 0 spiro atoms. The molecule has 0 bridgehead atoms. The second-order valence-electron chi connectivity index (χ2n) is 6.63. The highest BCUT2D eigenvalue weighted by Gasteiger charge is 2.39. The van der Waals surface area contributed by atoms with Gasteiger partial charge in [-0.15, -0.1) is 0 Å². The average molecular weight is 301 g/mol. The highest BCUT2D eigenvalue weighted by atomic mass is 16.2.